The average molecular weight is 453 g/mol. The number of hydrogen-bond acceptors (Lipinski definition) is 7. The predicted octanol–water partition coefficient (Wildman–Crippen LogP) is 2.92. The molecule has 1 heterocycles. The summed E-state index contributed by atoms with van der Waals surface area (Å²) in [4.78, 5) is 17.7. The lowest BCUT2D eigenvalue weighted by Crippen LogP contribution is -2.23. The lowest BCUT2D eigenvalue weighted by Gasteiger charge is -2.20. The molecule has 164 valence electrons. The van der Waals surface area contributed by atoms with E-state index in [0.717, 1.165) is 24.7 Å². The number of sulfone groups is 1. The van der Waals surface area contributed by atoms with Crippen molar-refractivity contribution < 1.29 is 23.4 Å². The van der Waals surface area contributed by atoms with Gasteiger partial charge in [0, 0.05) is 17.6 Å². The first kappa shape index (κ1) is 22.9. The van der Waals surface area contributed by atoms with Gasteiger partial charge in [-0.1, -0.05) is 37.8 Å². The van der Waals surface area contributed by atoms with Crippen molar-refractivity contribution in [2.45, 2.75) is 48.8 Å². The Morgan fingerprint density at radius 3 is 2.40 bits per heavy atom. The Bertz CT molecular complexity index is 946. The van der Waals surface area contributed by atoms with Gasteiger partial charge in [0.15, 0.2) is 15.0 Å². The number of aliphatic hydroxyl groups is 2. The first-order valence-corrected chi connectivity index (χ1v) is 12.9. The minimum absolute atomic E-state index is 0.181. The van der Waals surface area contributed by atoms with Crippen molar-refractivity contribution in [3.63, 3.8) is 0 Å². The van der Waals surface area contributed by atoms with Crippen LogP contribution in [0.1, 0.15) is 55.2 Å². The molecule has 1 saturated carbocycles. The van der Waals surface area contributed by atoms with Gasteiger partial charge in [-0.05, 0) is 30.0 Å². The van der Waals surface area contributed by atoms with Crippen LogP contribution in [-0.4, -0.2) is 49.0 Å². The topological polar surface area (TPSA) is 117 Å². The summed E-state index contributed by atoms with van der Waals surface area (Å²) < 4.78 is 23.5. The van der Waals surface area contributed by atoms with Crippen LogP contribution in [0.2, 0.25) is 0 Å². The van der Waals surface area contributed by atoms with Crippen molar-refractivity contribution in [3.8, 4) is 0 Å². The zero-order valence-electron chi connectivity index (χ0n) is 17.0. The molecule has 0 saturated heterocycles. The third kappa shape index (κ3) is 5.66. The van der Waals surface area contributed by atoms with E-state index in [0.29, 0.717) is 23.2 Å². The first-order valence-electron chi connectivity index (χ1n) is 10.1. The number of aliphatic hydroxyl groups excluding tert-OH is 2. The number of rotatable bonds is 9. The van der Waals surface area contributed by atoms with Gasteiger partial charge in [0.1, 0.15) is 0 Å². The van der Waals surface area contributed by atoms with E-state index in [1.807, 2.05) is 0 Å². The van der Waals surface area contributed by atoms with Crippen LogP contribution >= 0.6 is 11.3 Å². The summed E-state index contributed by atoms with van der Waals surface area (Å²) in [5.41, 5.74) is 1.33. The smallest absolute Gasteiger partial charge is 0.233 e. The highest BCUT2D eigenvalue weighted by atomic mass is 32.2. The second-order valence-electron chi connectivity index (χ2n) is 7.91. The predicted molar refractivity (Wildman–Crippen MR) is 117 cm³/mol. The number of anilines is 1. The van der Waals surface area contributed by atoms with Crippen molar-refractivity contribution >= 4 is 32.2 Å². The summed E-state index contributed by atoms with van der Waals surface area (Å²) in [7, 11) is -3.30. The standard InChI is InChI=1S/C21H28N2O5S2/c1-30(27,28)17-8-6-15(7-9-17)18(10-14-4-2-3-5-14)20(26)23-21-22-19(13-29-21)16(11-24)12-25/h6-9,13-14,16,18,24-25H,2-5,10-12H2,1H3,(H,22,23,26)/t18-/m1/s1. The number of nitrogens with zero attached hydrogens (tertiary/aromatic N) is 1. The Morgan fingerprint density at radius 2 is 1.83 bits per heavy atom. The minimum atomic E-state index is -3.30. The number of benzene rings is 1. The molecule has 9 heteroatoms. The van der Waals surface area contributed by atoms with Crippen LogP contribution in [0.25, 0.3) is 0 Å². The van der Waals surface area contributed by atoms with Crippen molar-refractivity contribution in [2.24, 2.45) is 5.92 Å². The molecule has 1 aliphatic rings. The quantitative estimate of drug-likeness (QED) is 0.539. The largest absolute Gasteiger partial charge is 0.396 e. The molecule has 3 rings (SSSR count). The van der Waals surface area contributed by atoms with E-state index in [4.69, 9.17) is 0 Å². The summed E-state index contributed by atoms with van der Waals surface area (Å²) in [5, 5.41) is 23.7. The van der Waals surface area contributed by atoms with Gasteiger partial charge in [-0.15, -0.1) is 11.3 Å². The number of thiazole rings is 1. The third-order valence-corrected chi connectivity index (χ3v) is 7.59. The van der Waals surface area contributed by atoms with E-state index in [1.165, 1.54) is 24.2 Å². The molecule has 3 N–H and O–H groups in total. The molecule has 0 bridgehead atoms. The van der Waals surface area contributed by atoms with Crippen molar-refractivity contribution in [2.75, 3.05) is 24.8 Å². The van der Waals surface area contributed by atoms with Gasteiger partial charge in [-0.3, -0.25) is 4.79 Å². The minimum Gasteiger partial charge on any atom is -0.396 e. The van der Waals surface area contributed by atoms with E-state index in [9.17, 15) is 23.4 Å². The molecule has 0 aliphatic heterocycles. The highest BCUT2D eigenvalue weighted by Crippen LogP contribution is 2.35. The molecular formula is C21H28N2O5S2. The van der Waals surface area contributed by atoms with Crippen LogP contribution in [0.3, 0.4) is 0 Å². The molecule has 1 aromatic carbocycles. The monoisotopic (exact) mass is 452 g/mol. The lowest BCUT2D eigenvalue weighted by molar-refractivity contribution is -0.118. The highest BCUT2D eigenvalue weighted by Gasteiger charge is 2.28. The molecule has 1 fully saturated rings. The summed E-state index contributed by atoms with van der Waals surface area (Å²) >= 11 is 1.25. The highest BCUT2D eigenvalue weighted by molar-refractivity contribution is 7.90. The normalized spacial score (nSPS) is 16.1. The van der Waals surface area contributed by atoms with E-state index in [1.54, 1.807) is 29.6 Å². The maximum absolute atomic E-state index is 13.1. The van der Waals surface area contributed by atoms with Crippen LogP contribution < -0.4 is 5.32 Å². The van der Waals surface area contributed by atoms with Crippen LogP contribution in [0.5, 0.6) is 0 Å². The van der Waals surface area contributed by atoms with Gasteiger partial charge in [-0.25, -0.2) is 13.4 Å². The molecule has 7 nitrogen and oxygen atoms in total. The van der Waals surface area contributed by atoms with Crippen molar-refractivity contribution in [1.29, 1.82) is 0 Å². The summed E-state index contributed by atoms with van der Waals surface area (Å²) in [6.07, 6.45) is 6.41. The Balaban J connectivity index is 1.80. The fourth-order valence-electron chi connectivity index (χ4n) is 3.89. The zero-order chi connectivity index (χ0) is 21.7. The number of aromatic nitrogens is 1. The molecule has 0 spiro atoms. The van der Waals surface area contributed by atoms with Crippen molar-refractivity contribution in [3.05, 3.63) is 40.9 Å². The molecule has 0 unspecified atom stereocenters. The number of amides is 1. The number of carbonyl (C=O) groups excluding carboxylic acids is 1. The van der Waals surface area contributed by atoms with Crippen LogP contribution in [-0.2, 0) is 14.6 Å². The van der Waals surface area contributed by atoms with E-state index in [-0.39, 0.29) is 24.0 Å². The van der Waals surface area contributed by atoms with E-state index >= 15 is 0 Å². The van der Waals surface area contributed by atoms with E-state index in [2.05, 4.69) is 10.3 Å². The molecular weight excluding hydrogens is 424 g/mol. The second-order valence-corrected chi connectivity index (χ2v) is 10.8. The van der Waals surface area contributed by atoms with Gasteiger partial charge in [-0.2, -0.15) is 0 Å². The molecule has 30 heavy (non-hydrogen) atoms. The number of carbonyl (C=O) groups is 1. The van der Waals surface area contributed by atoms with Gasteiger partial charge >= 0.3 is 0 Å². The Labute approximate surface area is 181 Å². The van der Waals surface area contributed by atoms with Gasteiger partial charge in [0.25, 0.3) is 0 Å². The molecule has 1 aliphatic carbocycles. The van der Waals surface area contributed by atoms with Crippen LogP contribution in [0, 0.1) is 5.92 Å². The number of hydrogen-bond donors (Lipinski definition) is 3. The zero-order valence-corrected chi connectivity index (χ0v) is 18.6. The molecule has 0 radical (unpaired) electrons. The summed E-state index contributed by atoms with van der Waals surface area (Å²) in [5.74, 6) is -0.583. The van der Waals surface area contributed by atoms with Crippen LogP contribution in [0.15, 0.2) is 34.5 Å². The second kappa shape index (κ2) is 10.00. The molecule has 2 aromatic rings. The first-order chi connectivity index (χ1) is 14.3. The van der Waals surface area contributed by atoms with Crippen LogP contribution in [0.4, 0.5) is 5.13 Å². The summed E-state index contributed by atoms with van der Waals surface area (Å²) in [6, 6.07) is 6.54. The Kier molecular flexibility index (Phi) is 7.62. The SMILES string of the molecule is CS(=O)(=O)c1ccc([C@@H](CC2CCCC2)C(=O)Nc2nc(C(CO)CO)cs2)cc1. The third-order valence-electron chi connectivity index (χ3n) is 5.68. The molecule has 1 atom stereocenters. The maximum atomic E-state index is 13.1. The fourth-order valence-corrected chi connectivity index (χ4v) is 5.32. The number of nitrogens with one attached hydrogen (secondary N) is 1. The van der Waals surface area contributed by atoms with Gasteiger partial charge in [0.2, 0.25) is 5.91 Å². The fraction of sp³-hybridized carbons (Fsp3) is 0.524. The average Bonchev–Trinajstić information content (AvgIpc) is 3.39. The summed E-state index contributed by atoms with van der Waals surface area (Å²) in [6.45, 7) is -0.435. The van der Waals surface area contributed by atoms with E-state index < -0.39 is 21.7 Å². The molecule has 1 aromatic heterocycles. The van der Waals surface area contributed by atoms with Crippen molar-refractivity contribution in [1.82, 2.24) is 4.98 Å². The maximum Gasteiger partial charge on any atom is 0.233 e. The Hall–Kier alpha value is -1.81. The molecule has 1 amide bonds. The lowest BCUT2D eigenvalue weighted by atomic mass is 9.87. The van der Waals surface area contributed by atoms with Gasteiger partial charge < -0.3 is 15.5 Å². The Morgan fingerprint density at radius 1 is 1.20 bits per heavy atom. The van der Waals surface area contributed by atoms with Gasteiger partial charge in [0.05, 0.1) is 29.7 Å².